The summed E-state index contributed by atoms with van der Waals surface area (Å²) in [6, 6.07) is 4.11. The van der Waals surface area contributed by atoms with Gasteiger partial charge in [-0.2, -0.15) is 0 Å². The second kappa shape index (κ2) is 8.25. The van der Waals surface area contributed by atoms with E-state index in [9.17, 15) is 0 Å². The van der Waals surface area contributed by atoms with Gasteiger partial charge in [0.15, 0.2) is 11.5 Å². The van der Waals surface area contributed by atoms with E-state index in [4.69, 9.17) is 25.8 Å². The van der Waals surface area contributed by atoms with Crippen LogP contribution in [0.1, 0.15) is 18.9 Å². The molecule has 0 aliphatic rings. The molecule has 1 aromatic carbocycles. The first-order valence-electron chi connectivity index (χ1n) is 6.29. The molecule has 0 aromatic heterocycles. The smallest absolute Gasteiger partial charge is 0.179 e. The van der Waals surface area contributed by atoms with Crippen molar-refractivity contribution in [2.45, 2.75) is 25.9 Å². The Morgan fingerprint density at radius 3 is 2.47 bits per heavy atom. The summed E-state index contributed by atoms with van der Waals surface area (Å²) in [4.78, 5) is 0. The molecule has 5 heteroatoms. The highest BCUT2D eigenvalue weighted by molar-refractivity contribution is 6.33. The lowest BCUT2D eigenvalue weighted by Gasteiger charge is -2.18. The number of hydrogen-bond donors (Lipinski definition) is 1. The van der Waals surface area contributed by atoms with Crippen molar-refractivity contribution >= 4 is 11.6 Å². The van der Waals surface area contributed by atoms with Crippen LogP contribution in [0.4, 0.5) is 0 Å². The summed E-state index contributed by atoms with van der Waals surface area (Å²) in [5, 5.41) is 4.00. The molecule has 1 rings (SSSR count). The maximum Gasteiger partial charge on any atom is 0.179 e. The van der Waals surface area contributed by atoms with Crippen LogP contribution >= 0.6 is 11.6 Å². The molecule has 0 fully saturated rings. The number of benzene rings is 1. The zero-order chi connectivity index (χ0) is 14.3. The Balaban J connectivity index is 2.79. The van der Waals surface area contributed by atoms with Crippen molar-refractivity contribution in [1.82, 2.24) is 5.32 Å². The highest BCUT2D eigenvalue weighted by Gasteiger charge is 2.14. The topological polar surface area (TPSA) is 39.7 Å². The quantitative estimate of drug-likeness (QED) is 0.798. The van der Waals surface area contributed by atoms with Crippen LogP contribution in [0.3, 0.4) is 0 Å². The summed E-state index contributed by atoms with van der Waals surface area (Å²) in [6.45, 7) is 3.47. The fourth-order valence-electron chi connectivity index (χ4n) is 1.84. The molecule has 0 radical (unpaired) electrons. The number of rotatable bonds is 8. The van der Waals surface area contributed by atoms with Gasteiger partial charge >= 0.3 is 0 Å². The molecule has 1 aromatic rings. The fourth-order valence-corrected chi connectivity index (χ4v) is 2.14. The van der Waals surface area contributed by atoms with E-state index in [1.807, 2.05) is 12.1 Å². The van der Waals surface area contributed by atoms with Crippen LogP contribution < -0.4 is 14.8 Å². The van der Waals surface area contributed by atoms with E-state index >= 15 is 0 Å². The minimum absolute atomic E-state index is 0.314. The van der Waals surface area contributed by atoms with E-state index in [-0.39, 0.29) is 0 Å². The van der Waals surface area contributed by atoms with Crippen LogP contribution in [0.25, 0.3) is 0 Å². The van der Waals surface area contributed by atoms with Crippen LogP contribution in [0.5, 0.6) is 11.5 Å². The van der Waals surface area contributed by atoms with Gasteiger partial charge in [0, 0.05) is 19.7 Å². The minimum atomic E-state index is 0.314. The molecule has 0 saturated carbocycles. The van der Waals surface area contributed by atoms with Gasteiger partial charge in [0.2, 0.25) is 0 Å². The molecule has 0 saturated heterocycles. The Bertz CT molecular complexity index is 399. The number of ether oxygens (including phenoxy) is 3. The van der Waals surface area contributed by atoms with E-state index in [0.29, 0.717) is 35.7 Å². The summed E-state index contributed by atoms with van der Waals surface area (Å²) in [5.41, 5.74) is 0.980. The molecule has 108 valence electrons. The number of methoxy groups -OCH3 is 3. The number of hydrogen-bond acceptors (Lipinski definition) is 4. The Kier molecular flexibility index (Phi) is 6.99. The van der Waals surface area contributed by atoms with E-state index in [0.717, 1.165) is 12.0 Å². The molecule has 0 bridgehead atoms. The normalized spacial score (nSPS) is 12.3. The van der Waals surface area contributed by atoms with Crippen LogP contribution in [-0.2, 0) is 11.3 Å². The van der Waals surface area contributed by atoms with Crippen molar-refractivity contribution in [2.75, 3.05) is 27.9 Å². The third kappa shape index (κ3) is 4.27. The molecule has 0 aliphatic carbocycles. The molecule has 1 N–H and O–H groups in total. The molecule has 0 spiro atoms. The van der Waals surface area contributed by atoms with Gasteiger partial charge < -0.3 is 19.5 Å². The predicted octanol–water partition coefficient (Wildman–Crippen LogP) is 2.87. The van der Waals surface area contributed by atoms with Gasteiger partial charge in [-0.05, 0) is 18.1 Å². The molecule has 19 heavy (non-hydrogen) atoms. The maximum absolute atomic E-state index is 6.32. The first-order chi connectivity index (χ1) is 9.17. The van der Waals surface area contributed by atoms with Gasteiger partial charge in [-0.3, -0.25) is 0 Å². The molecule has 1 atom stereocenters. The molecule has 1 unspecified atom stereocenters. The van der Waals surface area contributed by atoms with Crippen molar-refractivity contribution in [1.29, 1.82) is 0 Å². The molecular formula is C14H22ClNO3. The van der Waals surface area contributed by atoms with Gasteiger partial charge in [0.1, 0.15) is 0 Å². The number of nitrogens with one attached hydrogen (secondary N) is 1. The average molecular weight is 288 g/mol. The monoisotopic (exact) mass is 287 g/mol. The van der Waals surface area contributed by atoms with E-state index in [1.54, 1.807) is 21.3 Å². The molecular weight excluding hydrogens is 266 g/mol. The molecule has 0 heterocycles. The summed E-state index contributed by atoms with van der Waals surface area (Å²) in [6.07, 6.45) is 0.999. The lowest BCUT2D eigenvalue weighted by atomic mass is 10.1. The lowest BCUT2D eigenvalue weighted by Crippen LogP contribution is -2.32. The summed E-state index contributed by atoms with van der Waals surface area (Å²) < 4.78 is 15.6. The second-order valence-corrected chi connectivity index (χ2v) is 4.59. The van der Waals surface area contributed by atoms with Gasteiger partial charge in [0.25, 0.3) is 0 Å². The van der Waals surface area contributed by atoms with Gasteiger partial charge in [0.05, 0.1) is 25.8 Å². The third-order valence-corrected chi connectivity index (χ3v) is 3.42. The largest absolute Gasteiger partial charge is 0.493 e. The average Bonchev–Trinajstić information content (AvgIpc) is 2.44. The van der Waals surface area contributed by atoms with Gasteiger partial charge in [-0.25, -0.2) is 0 Å². The van der Waals surface area contributed by atoms with E-state index < -0.39 is 0 Å². The molecule has 0 amide bonds. The molecule has 4 nitrogen and oxygen atoms in total. The SMILES string of the molecule is CCC(COC)NCc1ccc(OC)c(OC)c1Cl. The highest BCUT2D eigenvalue weighted by Crippen LogP contribution is 2.37. The van der Waals surface area contributed by atoms with Crippen molar-refractivity contribution < 1.29 is 14.2 Å². The molecule has 0 aliphatic heterocycles. The first kappa shape index (κ1) is 16.1. The zero-order valence-corrected chi connectivity index (χ0v) is 12.7. The first-order valence-corrected chi connectivity index (χ1v) is 6.67. The summed E-state index contributed by atoms with van der Waals surface area (Å²) >= 11 is 6.32. The van der Waals surface area contributed by atoms with Crippen LogP contribution in [0.2, 0.25) is 5.02 Å². The number of halogens is 1. The summed E-state index contributed by atoms with van der Waals surface area (Å²) in [5.74, 6) is 1.21. The lowest BCUT2D eigenvalue weighted by molar-refractivity contribution is 0.164. The van der Waals surface area contributed by atoms with E-state index in [1.165, 1.54) is 0 Å². The van der Waals surface area contributed by atoms with E-state index in [2.05, 4.69) is 12.2 Å². The summed E-state index contributed by atoms with van der Waals surface area (Å²) in [7, 11) is 4.88. The van der Waals surface area contributed by atoms with Crippen molar-refractivity contribution in [2.24, 2.45) is 0 Å². The van der Waals surface area contributed by atoms with Crippen molar-refractivity contribution in [3.05, 3.63) is 22.7 Å². The Morgan fingerprint density at radius 2 is 1.95 bits per heavy atom. The maximum atomic E-state index is 6.32. The van der Waals surface area contributed by atoms with Crippen LogP contribution in [0, 0.1) is 0 Å². The standard InChI is InChI=1S/C14H22ClNO3/c1-5-11(9-17-2)16-8-10-6-7-12(18-3)14(19-4)13(10)15/h6-7,11,16H,5,8-9H2,1-4H3. The van der Waals surface area contributed by atoms with Gasteiger partial charge in [-0.15, -0.1) is 0 Å². The Labute approximate surface area is 120 Å². The Morgan fingerprint density at radius 1 is 1.21 bits per heavy atom. The second-order valence-electron chi connectivity index (χ2n) is 4.22. The third-order valence-electron chi connectivity index (χ3n) is 3.01. The highest BCUT2D eigenvalue weighted by atomic mass is 35.5. The van der Waals surface area contributed by atoms with Crippen molar-refractivity contribution in [3.63, 3.8) is 0 Å². The van der Waals surface area contributed by atoms with Crippen LogP contribution in [0.15, 0.2) is 12.1 Å². The Hall–Kier alpha value is -0.970. The van der Waals surface area contributed by atoms with Crippen molar-refractivity contribution in [3.8, 4) is 11.5 Å². The fraction of sp³-hybridized carbons (Fsp3) is 0.571. The zero-order valence-electron chi connectivity index (χ0n) is 12.0. The van der Waals surface area contributed by atoms with Crippen LogP contribution in [-0.4, -0.2) is 34.0 Å². The van der Waals surface area contributed by atoms with Gasteiger partial charge in [-0.1, -0.05) is 24.6 Å². The predicted molar refractivity (Wildman–Crippen MR) is 77.4 cm³/mol. The minimum Gasteiger partial charge on any atom is -0.493 e.